The van der Waals surface area contributed by atoms with Gasteiger partial charge in [-0.15, -0.1) is 0 Å². The average molecular weight is 427 g/mol. The molecule has 2 aliphatic rings. The van der Waals surface area contributed by atoms with Crippen molar-refractivity contribution >= 4 is 16.8 Å². The smallest absolute Gasteiger partial charge is 0.187 e. The Morgan fingerprint density at radius 1 is 1.22 bits per heavy atom. The number of pyridine rings is 1. The summed E-state index contributed by atoms with van der Waals surface area (Å²) < 4.78 is 8.58. The van der Waals surface area contributed by atoms with Crippen LogP contribution in [0.3, 0.4) is 0 Å². The van der Waals surface area contributed by atoms with Crippen LogP contribution in [-0.4, -0.2) is 29.1 Å². The van der Waals surface area contributed by atoms with Gasteiger partial charge >= 0.3 is 0 Å². The van der Waals surface area contributed by atoms with Gasteiger partial charge in [0.1, 0.15) is 11.3 Å². The Morgan fingerprint density at radius 3 is 2.78 bits per heavy atom. The molecule has 1 aliphatic heterocycles. The van der Waals surface area contributed by atoms with Gasteiger partial charge in [0, 0.05) is 18.0 Å². The van der Waals surface area contributed by atoms with Gasteiger partial charge in [0.25, 0.3) is 0 Å². The van der Waals surface area contributed by atoms with Crippen molar-refractivity contribution in [3.05, 3.63) is 66.0 Å². The summed E-state index contributed by atoms with van der Waals surface area (Å²) in [5, 5.41) is 3.42. The van der Waals surface area contributed by atoms with Crippen molar-refractivity contribution in [2.24, 2.45) is 11.8 Å². The van der Waals surface area contributed by atoms with Crippen molar-refractivity contribution in [2.45, 2.75) is 39.0 Å². The Labute approximate surface area is 190 Å². The quantitative estimate of drug-likeness (QED) is 0.482. The van der Waals surface area contributed by atoms with E-state index in [-0.39, 0.29) is 0 Å². The first-order valence-corrected chi connectivity index (χ1v) is 11.8. The van der Waals surface area contributed by atoms with Crippen molar-refractivity contribution in [1.29, 1.82) is 0 Å². The van der Waals surface area contributed by atoms with Crippen LogP contribution in [0.4, 0.5) is 5.69 Å². The number of nitrogens with zero attached hydrogens (tertiary/aromatic N) is 3. The van der Waals surface area contributed by atoms with Gasteiger partial charge in [-0.05, 0) is 55.3 Å². The molecule has 0 spiro atoms. The van der Waals surface area contributed by atoms with E-state index in [2.05, 4.69) is 50.7 Å². The lowest BCUT2D eigenvalue weighted by molar-refractivity contribution is 0.262. The zero-order valence-electron chi connectivity index (χ0n) is 18.7. The molecule has 2 aromatic heterocycles. The van der Waals surface area contributed by atoms with Crippen LogP contribution in [0.1, 0.15) is 44.7 Å². The van der Waals surface area contributed by atoms with Crippen molar-refractivity contribution in [3.8, 4) is 16.9 Å². The molecule has 3 aromatic rings. The summed E-state index contributed by atoms with van der Waals surface area (Å²) in [6.07, 6.45) is 12.1. The number of aromatic nitrogens is 2. The van der Waals surface area contributed by atoms with Gasteiger partial charge in [-0.3, -0.25) is 4.40 Å². The molecular formula is C27H30N4O. The van der Waals surface area contributed by atoms with E-state index < -0.39 is 0 Å². The van der Waals surface area contributed by atoms with Crippen LogP contribution in [0.25, 0.3) is 27.1 Å². The second-order valence-corrected chi connectivity index (χ2v) is 9.03. The van der Waals surface area contributed by atoms with Crippen LogP contribution in [0, 0.1) is 18.4 Å². The summed E-state index contributed by atoms with van der Waals surface area (Å²) in [5.41, 5.74) is 6.52. The molecular weight excluding hydrogens is 396 g/mol. The van der Waals surface area contributed by atoms with E-state index in [9.17, 15) is 0 Å². The Hall–Kier alpha value is -3.10. The summed E-state index contributed by atoms with van der Waals surface area (Å²) in [6, 6.07) is 10.1. The number of nitrogens with one attached hydrogen (secondary N) is 1. The lowest BCUT2D eigenvalue weighted by Gasteiger charge is -2.24. The van der Waals surface area contributed by atoms with E-state index in [0.717, 1.165) is 60.7 Å². The number of benzene rings is 1. The zero-order valence-corrected chi connectivity index (χ0v) is 18.7. The monoisotopic (exact) mass is 426 g/mol. The lowest BCUT2D eigenvalue weighted by atomic mass is 9.85. The average Bonchev–Trinajstić information content (AvgIpc) is 3.55. The first-order valence-electron chi connectivity index (χ1n) is 11.8. The molecule has 3 heterocycles. The van der Waals surface area contributed by atoms with Crippen molar-refractivity contribution in [2.75, 3.05) is 19.7 Å². The van der Waals surface area contributed by atoms with E-state index in [1.807, 2.05) is 24.7 Å². The number of ether oxygens (including phenoxy) is 1. The van der Waals surface area contributed by atoms with Gasteiger partial charge in [-0.25, -0.2) is 9.83 Å². The van der Waals surface area contributed by atoms with Crippen LogP contribution < -0.4 is 10.1 Å². The zero-order chi connectivity index (χ0) is 21.9. The number of fused-ring (bicyclic) bond motifs is 1. The van der Waals surface area contributed by atoms with Gasteiger partial charge in [-0.1, -0.05) is 43.7 Å². The van der Waals surface area contributed by atoms with Gasteiger partial charge < -0.3 is 10.1 Å². The minimum Gasteiger partial charge on any atom is -0.491 e. The molecule has 1 aromatic carbocycles. The highest BCUT2D eigenvalue weighted by molar-refractivity contribution is 5.84. The highest BCUT2D eigenvalue weighted by atomic mass is 16.5. The fourth-order valence-corrected chi connectivity index (χ4v) is 4.98. The molecule has 1 unspecified atom stereocenters. The standard InChI is InChI=1S/C27H30N4O/c1-3-19-4-6-22(7-5-19)27-24(21-8-10-23(28-2)11-9-21)14-26(25-16-30-18-31(25)27)32-17-20-12-13-29-15-20/h6,8-11,14,16,18-20,29H,3-5,7,12-13,15,17H2,1H3/t19?,20-/m1/s1. The Balaban J connectivity index is 1.61. The Kier molecular flexibility index (Phi) is 5.96. The molecule has 1 aliphatic carbocycles. The van der Waals surface area contributed by atoms with Crippen molar-refractivity contribution in [1.82, 2.24) is 14.7 Å². The maximum Gasteiger partial charge on any atom is 0.187 e. The summed E-state index contributed by atoms with van der Waals surface area (Å²) in [5.74, 6) is 2.21. The molecule has 2 atom stereocenters. The number of hydrogen-bond acceptors (Lipinski definition) is 3. The predicted octanol–water partition coefficient (Wildman–Crippen LogP) is 6.13. The second kappa shape index (κ2) is 9.18. The highest BCUT2D eigenvalue weighted by Gasteiger charge is 2.22. The molecule has 0 radical (unpaired) electrons. The minimum atomic E-state index is 0.547. The summed E-state index contributed by atoms with van der Waals surface area (Å²) >= 11 is 0. The van der Waals surface area contributed by atoms with Crippen LogP contribution in [0.2, 0.25) is 0 Å². The number of allylic oxidation sites excluding steroid dienone is 2. The predicted molar refractivity (Wildman–Crippen MR) is 129 cm³/mol. The van der Waals surface area contributed by atoms with E-state index in [0.29, 0.717) is 18.2 Å². The summed E-state index contributed by atoms with van der Waals surface area (Å²) in [4.78, 5) is 8.05. The molecule has 164 valence electrons. The van der Waals surface area contributed by atoms with Crippen molar-refractivity contribution < 1.29 is 4.74 Å². The van der Waals surface area contributed by atoms with E-state index in [4.69, 9.17) is 11.3 Å². The first kappa shape index (κ1) is 20.8. The summed E-state index contributed by atoms with van der Waals surface area (Å²) in [7, 11) is 0. The molecule has 5 heteroatoms. The molecule has 0 saturated carbocycles. The first-order chi connectivity index (χ1) is 15.8. The molecule has 1 saturated heterocycles. The number of imidazole rings is 1. The summed E-state index contributed by atoms with van der Waals surface area (Å²) in [6.45, 7) is 12.4. The molecule has 32 heavy (non-hydrogen) atoms. The van der Waals surface area contributed by atoms with E-state index >= 15 is 0 Å². The fraction of sp³-hybridized carbons (Fsp3) is 0.407. The second-order valence-electron chi connectivity index (χ2n) is 9.03. The number of rotatable bonds is 6. The SMILES string of the molecule is [C-]#[N+]c1ccc(-c2cc(OC[C@@H]3CCNC3)c3cncn3c2C2=CCC(CC)CC2)cc1. The van der Waals surface area contributed by atoms with E-state index in [1.165, 1.54) is 24.1 Å². The minimum absolute atomic E-state index is 0.547. The van der Waals surface area contributed by atoms with Crippen LogP contribution in [0.5, 0.6) is 5.75 Å². The van der Waals surface area contributed by atoms with Crippen LogP contribution >= 0.6 is 0 Å². The molecule has 5 nitrogen and oxygen atoms in total. The van der Waals surface area contributed by atoms with Gasteiger partial charge in [0.15, 0.2) is 5.69 Å². The molecule has 0 amide bonds. The molecule has 1 N–H and O–H groups in total. The highest BCUT2D eigenvalue weighted by Crippen LogP contribution is 2.40. The van der Waals surface area contributed by atoms with Gasteiger partial charge in [0.05, 0.1) is 31.4 Å². The maximum atomic E-state index is 7.29. The third-order valence-electron chi connectivity index (χ3n) is 7.01. The third-order valence-corrected chi connectivity index (χ3v) is 7.01. The molecule has 5 rings (SSSR count). The molecule has 1 fully saturated rings. The van der Waals surface area contributed by atoms with E-state index in [1.54, 1.807) is 0 Å². The molecule has 0 bridgehead atoms. The third kappa shape index (κ3) is 4.03. The normalized spacial score (nSPS) is 20.8. The van der Waals surface area contributed by atoms with Crippen LogP contribution in [-0.2, 0) is 0 Å². The van der Waals surface area contributed by atoms with Gasteiger partial charge in [-0.2, -0.15) is 0 Å². The topological polar surface area (TPSA) is 42.9 Å². The van der Waals surface area contributed by atoms with Gasteiger partial charge in [0.2, 0.25) is 0 Å². The Morgan fingerprint density at radius 2 is 2.09 bits per heavy atom. The largest absolute Gasteiger partial charge is 0.491 e. The van der Waals surface area contributed by atoms with Crippen molar-refractivity contribution in [3.63, 3.8) is 0 Å². The lowest BCUT2D eigenvalue weighted by Crippen LogP contribution is -2.16. The Bertz CT molecular complexity index is 1160. The van der Waals surface area contributed by atoms with Crippen LogP contribution in [0.15, 0.2) is 48.9 Å². The fourth-order valence-electron chi connectivity index (χ4n) is 4.98. The maximum absolute atomic E-state index is 7.29. The number of hydrogen-bond donors (Lipinski definition) is 1.